The van der Waals surface area contributed by atoms with Crippen LogP contribution >= 0.6 is 0 Å². The van der Waals surface area contributed by atoms with E-state index < -0.39 is 0 Å². The molecule has 2 rings (SSSR count). The van der Waals surface area contributed by atoms with E-state index in [2.05, 4.69) is 5.32 Å². The van der Waals surface area contributed by atoms with Gasteiger partial charge in [-0.15, -0.1) is 0 Å². The van der Waals surface area contributed by atoms with Crippen molar-refractivity contribution in [1.29, 1.82) is 0 Å². The Morgan fingerprint density at radius 1 is 1.25 bits per heavy atom. The molecule has 3 heteroatoms. The van der Waals surface area contributed by atoms with Crippen molar-refractivity contribution in [3.8, 4) is 0 Å². The van der Waals surface area contributed by atoms with Gasteiger partial charge in [0.1, 0.15) is 5.82 Å². The summed E-state index contributed by atoms with van der Waals surface area (Å²) in [6.07, 6.45) is 5.69. The maximum absolute atomic E-state index is 12.9. The molecule has 0 heterocycles. The molecule has 0 unspecified atom stereocenters. The predicted octanol–water partition coefficient (Wildman–Crippen LogP) is 2.89. The van der Waals surface area contributed by atoms with Crippen molar-refractivity contribution < 1.29 is 9.18 Å². The number of carbonyl (C=O) groups excluding carboxylic acids is 1. The summed E-state index contributed by atoms with van der Waals surface area (Å²) in [7, 11) is 0. The molecule has 0 radical (unpaired) electrons. The molecule has 1 saturated carbocycles. The van der Waals surface area contributed by atoms with Crippen molar-refractivity contribution in [2.45, 2.75) is 38.1 Å². The molecule has 1 amide bonds. The van der Waals surface area contributed by atoms with Gasteiger partial charge in [0.15, 0.2) is 0 Å². The van der Waals surface area contributed by atoms with E-state index in [0.717, 1.165) is 12.8 Å². The zero-order valence-electron chi connectivity index (χ0n) is 9.21. The number of carbonyl (C=O) groups is 1. The second-order valence-electron chi connectivity index (χ2n) is 4.32. The highest BCUT2D eigenvalue weighted by Gasteiger charge is 2.16. The van der Waals surface area contributed by atoms with Gasteiger partial charge in [-0.1, -0.05) is 25.3 Å². The lowest BCUT2D eigenvalue weighted by molar-refractivity contribution is 0.0927. The van der Waals surface area contributed by atoms with Gasteiger partial charge in [-0.3, -0.25) is 4.79 Å². The Hall–Kier alpha value is -1.38. The van der Waals surface area contributed by atoms with Crippen molar-refractivity contribution in [1.82, 2.24) is 5.32 Å². The normalized spacial score (nSPS) is 17.1. The van der Waals surface area contributed by atoms with E-state index in [4.69, 9.17) is 0 Å². The number of amides is 1. The number of hydrogen-bond donors (Lipinski definition) is 1. The quantitative estimate of drug-likeness (QED) is 0.817. The number of hydrogen-bond acceptors (Lipinski definition) is 1. The maximum Gasteiger partial charge on any atom is 0.251 e. The monoisotopic (exact) mass is 221 g/mol. The summed E-state index contributed by atoms with van der Waals surface area (Å²) in [6, 6.07) is 6.09. The minimum Gasteiger partial charge on any atom is -0.349 e. The van der Waals surface area contributed by atoms with Crippen LogP contribution in [0, 0.1) is 5.82 Å². The second-order valence-corrected chi connectivity index (χ2v) is 4.32. The molecule has 1 fully saturated rings. The van der Waals surface area contributed by atoms with Crippen molar-refractivity contribution in [3.05, 3.63) is 35.6 Å². The molecule has 0 aliphatic heterocycles. The van der Waals surface area contributed by atoms with Crippen LogP contribution in [0.5, 0.6) is 0 Å². The van der Waals surface area contributed by atoms with Crippen LogP contribution in [0.25, 0.3) is 0 Å². The summed E-state index contributed by atoms with van der Waals surface area (Å²) in [5.41, 5.74) is 0.408. The molecule has 1 aromatic rings. The molecule has 1 N–H and O–H groups in total. The fourth-order valence-electron chi connectivity index (χ4n) is 2.15. The lowest BCUT2D eigenvalue weighted by Gasteiger charge is -2.22. The van der Waals surface area contributed by atoms with Gasteiger partial charge in [-0.2, -0.15) is 0 Å². The molecule has 1 aliphatic carbocycles. The molecule has 0 aromatic heterocycles. The third-order valence-electron chi connectivity index (χ3n) is 3.03. The molecule has 0 bridgehead atoms. The first kappa shape index (κ1) is 11.1. The number of rotatable bonds is 2. The highest BCUT2D eigenvalue weighted by Crippen LogP contribution is 2.17. The molecule has 0 atom stereocenters. The van der Waals surface area contributed by atoms with Gasteiger partial charge in [-0.25, -0.2) is 4.39 Å². The van der Waals surface area contributed by atoms with Crippen LogP contribution in [-0.2, 0) is 0 Å². The largest absolute Gasteiger partial charge is 0.349 e. The van der Waals surface area contributed by atoms with E-state index in [0.29, 0.717) is 5.56 Å². The second kappa shape index (κ2) is 5.10. The Balaban J connectivity index is 1.97. The van der Waals surface area contributed by atoms with Crippen molar-refractivity contribution in [3.63, 3.8) is 0 Å². The minimum atomic E-state index is -0.365. The lowest BCUT2D eigenvalue weighted by Crippen LogP contribution is -2.36. The van der Waals surface area contributed by atoms with Crippen molar-refractivity contribution in [2.75, 3.05) is 0 Å². The molecule has 86 valence electrons. The molecule has 16 heavy (non-hydrogen) atoms. The van der Waals surface area contributed by atoms with E-state index in [-0.39, 0.29) is 17.8 Å². The summed E-state index contributed by atoms with van der Waals surface area (Å²) < 4.78 is 12.9. The molecular formula is C13H16FNO. The predicted molar refractivity (Wildman–Crippen MR) is 60.7 cm³/mol. The SMILES string of the molecule is O=C(NC1CCCCC1)c1cccc(F)c1. The standard InChI is InChI=1S/C13H16FNO/c14-11-6-4-5-10(9-11)13(16)15-12-7-2-1-3-8-12/h4-6,9,12H,1-3,7-8H2,(H,15,16). The Morgan fingerprint density at radius 3 is 2.69 bits per heavy atom. The maximum atomic E-state index is 12.9. The first-order valence-corrected chi connectivity index (χ1v) is 5.82. The van der Waals surface area contributed by atoms with Gasteiger partial charge in [0.2, 0.25) is 0 Å². The Bertz CT molecular complexity index is 372. The van der Waals surface area contributed by atoms with Crippen molar-refractivity contribution >= 4 is 5.91 Å². The van der Waals surface area contributed by atoms with Gasteiger partial charge >= 0.3 is 0 Å². The van der Waals surface area contributed by atoms with E-state index in [1.165, 1.54) is 31.4 Å². The first-order valence-electron chi connectivity index (χ1n) is 5.82. The van der Waals surface area contributed by atoms with E-state index >= 15 is 0 Å². The Labute approximate surface area is 94.9 Å². The third-order valence-corrected chi connectivity index (χ3v) is 3.03. The van der Waals surface area contributed by atoms with E-state index in [1.54, 1.807) is 12.1 Å². The minimum absolute atomic E-state index is 0.161. The van der Waals surface area contributed by atoms with Gasteiger partial charge in [-0.05, 0) is 31.0 Å². The average Bonchev–Trinajstić information content (AvgIpc) is 2.30. The zero-order valence-corrected chi connectivity index (χ0v) is 9.21. The van der Waals surface area contributed by atoms with E-state index in [1.807, 2.05) is 0 Å². The van der Waals surface area contributed by atoms with Crippen LogP contribution in [0.1, 0.15) is 42.5 Å². The molecule has 0 spiro atoms. The lowest BCUT2D eigenvalue weighted by atomic mass is 9.95. The van der Waals surface area contributed by atoms with Crippen LogP contribution in [0.15, 0.2) is 24.3 Å². The van der Waals surface area contributed by atoms with Crippen LogP contribution in [0.4, 0.5) is 4.39 Å². The first-order chi connectivity index (χ1) is 7.75. The topological polar surface area (TPSA) is 29.1 Å². The fraction of sp³-hybridized carbons (Fsp3) is 0.462. The van der Waals surface area contributed by atoms with Gasteiger partial charge in [0.25, 0.3) is 5.91 Å². The van der Waals surface area contributed by atoms with Gasteiger partial charge < -0.3 is 5.32 Å². The third kappa shape index (κ3) is 2.81. The average molecular weight is 221 g/mol. The smallest absolute Gasteiger partial charge is 0.251 e. The summed E-state index contributed by atoms with van der Waals surface area (Å²) >= 11 is 0. The summed E-state index contributed by atoms with van der Waals surface area (Å²) in [6.45, 7) is 0. The van der Waals surface area contributed by atoms with Crippen molar-refractivity contribution in [2.24, 2.45) is 0 Å². The van der Waals surface area contributed by atoms with Gasteiger partial charge in [0, 0.05) is 11.6 Å². The zero-order chi connectivity index (χ0) is 11.4. The highest BCUT2D eigenvalue weighted by atomic mass is 19.1. The van der Waals surface area contributed by atoms with Crippen LogP contribution in [-0.4, -0.2) is 11.9 Å². The summed E-state index contributed by atoms with van der Waals surface area (Å²) in [5.74, 6) is -0.525. The van der Waals surface area contributed by atoms with Crippen LogP contribution in [0.3, 0.4) is 0 Å². The molecule has 1 aliphatic rings. The summed E-state index contributed by atoms with van der Waals surface area (Å²) in [4.78, 5) is 11.8. The van der Waals surface area contributed by atoms with Crippen LogP contribution < -0.4 is 5.32 Å². The van der Waals surface area contributed by atoms with Crippen LogP contribution in [0.2, 0.25) is 0 Å². The molecule has 2 nitrogen and oxygen atoms in total. The Morgan fingerprint density at radius 2 is 2.00 bits per heavy atom. The Kier molecular flexibility index (Phi) is 3.54. The molecular weight excluding hydrogens is 205 g/mol. The number of benzene rings is 1. The summed E-state index contributed by atoms with van der Waals surface area (Å²) in [5, 5.41) is 2.96. The number of halogens is 1. The van der Waals surface area contributed by atoms with E-state index in [9.17, 15) is 9.18 Å². The number of nitrogens with one attached hydrogen (secondary N) is 1. The highest BCUT2D eigenvalue weighted by molar-refractivity contribution is 5.94. The molecule has 0 saturated heterocycles. The van der Waals surface area contributed by atoms with Gasteiger partial charge in [0.05, 0.1) is 0 Å². The fourth-order valence-corrected chi connectivity index (χ4v) is 2.15. The molecule has 1 aromatic carbocycles.